The maximum Gasteiger partial charge on any atom is 0.239 e. The number of nitrogens with two attached hydrogens (primary N) is 1. The normalized spacial score (nSPS) is 24.0. The highest BCUT2D eigenvalue weighted by Gasteiger charge is 2.30. The van der Waals surface area contributed by atoms with Crippen molar-refractivity contribution >= 4 is 15.9 Å². The highest BCUT2D eigenvalue weighted by atomic mass is 32.2. The number of nitrogens with zero attached hydrogens (tertiary/aromatic N) is 1. The van der Waals surface area contributed by atoms with E-state index in [0.29, 0.717) is 13.1 Å². The highest BCUT2D eigenvalue weighted by Crippen LogP contribution is 2.15. The summed E-state index contributed by atoms with van der Waals surface area (Å²) in [6, 6.07) is -0.696. The Morgan fingerprint density at radius 2 is 2.16 bits per heavy atom. The van der Waals surface area contributed by atoms with Crippen molar-refractivity contribution in [1.82, 2.24) is 9.62 Å². The Morgan fingerprint density at radius 1 is 1.53 bits per heavy atom. The standard InChI is InChI=1S/C12H25N3O3S/c1-4-9(2)11(13)12(16)15-7-5-6-10(8-15)14-19(3,17)18/h9-11,14H,4-8,13H2,1-3H3/t9-,10?,11-/m0/s1. The lowest BCUT2D eigenvalue weighted by atomic mass is 9.97. The smallest absolute Gasteiger partial charge is 0.239 e. The Bertz CT molecular complexity index is 410. The number of piperidine rings is 1. The average molecular weight is 291 g/mol. The summed E-state index contributed by atoms with van der Waals surface area (Å²) < 4.78 is 25.0. The minimum atomic E-state index is -3.23. The molecule has 0 aromatic heterocycles. The van der Waals surface area contributed by atoms with Gasteiger partial charge in [0.05, 0.1) is 12.3 Å². The second-order valence-corrected chi connectivity index (χ2v) is 7.20. The molecule has 7 heteroatoms. The van der Waals surface area contributed by atoms with E-state index < -0.39 is 16.1 Å². The Hall–Kier alpha value is -0.660. The minimum absolute atomic E-state index is 0.0747. The van der Waals surface area contributed by atoms with Crippen LogP contribution < -0.4 is 10.5 Å². The van der Waals surface area contributed by atoms with Crippen LogP contribution in [0.5, 0.6) is 0 Å². The lowest BCUT2D eigenvalue weighted by Crippen LogP contribution is -2.54. The van der Waals surface area contributed by atoms with Gasteiger partial charge in [-0.25, -0.2) is 13.1 Å². The van der Waals surface area contributed by atoms with E-state index in [1.165, 1.54) is 0 Å². The third kappa shape index (κ3) is 5.08. The zero-order valence-corrected chi connectivity index (χ0v) is 12.7. The molecule has 0 bridgehead atoms. The molecule has 0 aromatic rings. The molecule has 0 spiro atoms. The van der Waals surface area contributed by atoms with Crippen LogP contribution in [0.4, 0.5) is 0 Å². The van der Waals surface area contributed by atoms with Crippen LogP contribution in [-0.2, 0) is 14.8 Å². The van der Waals surface area contributed by atoms with Gasteiger partial charge in [-0.3, -0.25) is 4.79 Å². The van der Waals surface area contributed by atoms with Gasteiger partial charge in [0.15, 0.2) is 0 Å². The molecule has 19 heavy (non-hydrogen) atoms. The number of hydrogen-bond acceptors (Lipinski definition) is 4. The molecular weight excluding hydrogens is 266 g/mol. The van der Waals surface area contributed by atoms with E-state index in [2.05, 4.69) is 4.72 Å². The minimum Gasteiger partial charge on any atom is -0.340 e. The third-order valence-electron chi connectivity index (χ3n) is 3.66. The Balaban J connectivity index is 2.62. The fraction of sp³-hybridized carbons (Fsp3) is 0.917. The number of amides is 1. The quantitative estimate of drug-likeness (QED) is 0.740. The molecule has 0 saturated carbocycles. The molecular formula is C12H25N3O3S. The first-order valence-corrected chi connectivity index (χ1v) is 8.65. The number of carbonyl (C=O) groups excluding carboxylic acids is 1. The zero-order chi connectivity index (χ0) is 14.6. The molecule has 3 N–H and O–H groups in total. The first-order chi connectivity index (χ1) is 8.74. The van der Waals surface area contributed by atoms with Gasteiger partial charge in [0.25, 0.3) is 0 Å². The van der Waals surface area contributed by atoms with Gasteiger partial charge in [0.2, 0.25) is 15.9 Å². The van der Waals surface area contributed by atoms with Gasteiger partial charge < -0.3 is 10.6 Å². The van der Waals surface area contributed by atoms with E-state index in [1.807, 2.05) is 13.8 Å². The molecule has 1 unspecified atom stereocenters. The summed E-state index contributed by atoms with van der Waals surface area (Å²) >= 11 is 0. The predicted octanol–water partition coefficient (Wildman–Crippen LogP) is -0.1000. The van der Waals surface area contributed by atoms with E-state index >= 15 is 0 Å². The summed E-state index contributed by atoms with van der Waals surface area (Å²) in [5, 5.41) is 0. The lowest BCUT2D eigenvalue weighted by molar-refractivity contribution is -0.135. The maximum atomic E-state index is 12.2. The van der Waals surface area contributed by atoms with Crippen molar-refractivity contribution in [2.24, 2.45) is 11.7 Å². The summed E-state index contributed by atoms with van der Waals surface area (Å²) in [4.78, 5) is 13.9. The Morgan fingerprint density at radius 3 is 2.68 bits per heavy atom. The molecule has 1 rings (SSSR count). The van der Waals surface area contributed by atoms with Crippen LogP contribution in [0.2, 0.25) is 0 Å². The molecule has 1 aliphatic rings. The van der Waals surface area contributed by atoms with Crippen molar-refractivity contribution < 1.29 is 13.2 Å². The van der Waals surface area contributed by atoms with Crippen molar-refractivity contribution in [1.29, 1.82) is 0 Å². The predicted molar refractivity (Wildman–Crippen MR) is 75.0 cm³/mol. The number of hydrogen-bond donors (Lipinski definition) is 2. The summed E-state index contributed by atoms with van der Waals surface area (Å²) in [7, 11) is -3.23. The van der Waals surface area contributed by atoms with Crippen molar-refractivity contribution in [2.45, 2.75) is 45.2 Å². The highest BCUT2D eigenvalue weighted by molar-refractivity contribution is 7.88. The number of carbonyl (C=O) groups is 1. The fourth-order valence-electron chi connectivity index (χ4n) is 2.28. The molecule has 0 aromatic carbocycles. The van der Waals surface area contributed by atoms with Crippen LogP contribution in [0, 0.1) is 5.92 Å². The van der Waals surface area contributed by atoms with Crippen LogP contribution in [0.15, 0.2) is 0 Å². The molecule has 0 radical (unpaired) electrons. The molecule has 0 aliphatic carbocycles. The molecule has 1 saturated heterocycles. The lowest BCUT2D eigenvalue weighted by Gasteiger charge is -2.35. The summed E-state index contributed by atoms with van der Waals surface area (Å²) in [6.07, 6.45) is 3.55. The van der Waals surface area contributed by atoms with Crippen LogP contribution in [0.3, 0.4) is 0 Å². The molecule has 3 atom stereocenters. The Kier molecular flexibility index (Phi) is 5.76. The molecule has 1 aliphatic heterocycles. The topological polar surface area (TPSA) is 92.5 Å². The van der Waals surface area contributed by atoms with Crippen molar-refractivity contribution in [3.8, 4) is 0 Å². The van der Waals surface area contributed by atoms with Crippen LogP contribution in [0.1, 0.15) is 33.1 Å². The summed E-state index contributed by atoms with van der Waals surface area (Å²) in [5.74, 6) is 0.0603. The molecule has 6 nitrogen and oxygen atoms in total. The van der Waals surface area contributed by atoms with E-state index in [1.54, 1.807) is 4.90 Å². The van der Waals surface area contributed by atoms with Crippen molar-refractivity contribution in [2.75, 3.05) is 19.3 Å². The van der Waals surface area contributed by atoms with Gasteiger partial charge in [-0.05, 0) is 18.8 Å². The van der Waals surface area contributed by atoms with E-state index in [4.69, 9.17) is 5.73 Å². The number of likely N-dealkylation sites (tertiary alicyclic amines) is 1. The number of sulfonamides is 1. The molecule has 1 amide bonds. The Labute approximate surface area is 115 Å². The monoisotopic (exact) mass is 291 g/mol. The van der Waals surface area contributed by atoms with Gasteiger partial charge in [-0.1, -0.05) is 20.3 Å². The first-order valence-electron chi connectivity index (χ1n) is 6.76. The van der Waals surface area contributed by atoms with Crippen LogP contribution >= 0.6 is 0 Å². The SMILES string of the molecule is CC[C@H](C)[C@H](N)C(=O)N1CCCC(NS(C)(=O)=O)C1. The van der Waals surface area contributed by atoms with Crippen LogP contribution in [-0.4, -0.2) is 50.7 Å². The number of rotatable bonds is 5. The largest absolute Gasteiger partial charge is 0.340 e. The van der Waals surface area contributed by atoms with Gasteiger partial charge in [-0.15, -0.1) is 0 Å². The van der Waals surface area contributed by atoms with E-state index in [9.17, 15) is 13.2 Å². The summed E-state index contributed by atoms with van der Waals surface area (Å²) in [6.45, 7) is 5.03. The average Bonchev–Trinajstić information content (AvgIpc) is 2.34. The summed E-state index contributed by atoms with van der Waals surface area (Å²) in [5.41, 5.74) is 5.94. The second kappa shape index (κ2) is 6.67. The second-order valence-electron chi connectivity index (χ2n) is 5.42. The molecule has 112 valence electrons. The van der Waals surface area contributed by atoms with Gasteiger partial charge in [0, 0.05) is 19.1 Å². The van der Waals surface area contributed by atoms with Gasteiger partial charge in [-0.2, -0.15) is 0 Å². The zero-order valence-electron chi connectivity index (χ0n) is 11.9. The van der Waals surface area contributed by atoms with Gasteiger partial charge >= 0.3 is 0 Å². The third-order valence-corrected chi connectivity index (χ3v) is 4.42. The van der Waals surface area contributed by atoms with Gasteiger partial charge in [0.1, 0.15) is 0 Å². The van der Waals surface area contributed by atoms with E-state index in [0.717, 1.165) is 25.5 Å². The van der Waals surface area contributed by atoms with Crippen LogP contribution in [0.25, 0.3) is 0 Å². The fourth-order valence-corrected chi connectivity index (χ4v) is 3.08. The van der Waals surface area contributed by atoms with Crippen molar-refractivity contribution in [3.05, 3.63) is 0 Å². The molecule has 1 heterocycles. The number of nitrogens with one attached hydrogen (secondary N) is 1. The first kappa shape index (κ1) is 16.4. The van der Waals surface area contributed by atoms with E-state index in [-0.39, 0.29) is 17.9 Å². The molecule has 1 fully saturated rings. The van der Waals surface area contributed by atoms with Crippen molar-refractivity contribution in [3.63, 3.8) is 0 Å². The maximum absolute atomic E-state index is 12.2.